The molecule has 0 bridgehead atoms. The predicted molar refractivity (Wildman–Crippen MR) is 82.5 cm³/mol. The monoisotopic (exact) mass is 304 g/mol. The summed E-state index contributed by atoms with van der Waals surface area (Å²) in [5, 5.41) is 2.73. The predicted octanol–water partition coefficient (Wildman–Crippen LogP) is 2.54. The fourth-order valence-electron chi connectivity index (χ4n) is 1.81. The summed E-state index contributed by atoms with van der Waals surface area (Å²) in [5.41, 5.74) is 1.12. The molecular weight excluding hydrogens is 288 g/mol. The number of ether oxygens (including phenoxy) is 1. The second-order valence-electron chi connectivity index (χ2n) is 4.33. The van der Waals surface area contributed by atoms with Crippen LogP contribution in [0, 0.1) is 0 Å². The van der Waals surface area contributed by atoms with Crippen LogP contribution in [0.2, 0.25) is 0 Å². The largest absolute Gasteiger partial charge is 0.451 e. The molecule has 21 heavy (non-hydrogen) atoms. The molecule has 1 aromatic carbocycles. The van der Waals surface area contributed by atoms with Crippen LogP contribution in [0.15, 0.2) is 47.5 Å². The zero-order chi connectivity index (χ0) is 15.2. The lowest BCUT2D eigenvalue weighted by Crippen LogP contribution is -2.22. The quantitative estimate of drug-likeness (QED) is 0.681. The van der Waals surface area contributed by atoms with Gasteiger partial charge in [0.05, 0.1) is 5.69 Å². The van der Waals surface area contributed by atoms with Gasteiger partial charge in [-0.2, -0.15) is 0 Å². The normalized spacial score (nSPS) is 10.2. The Hall–Kier alpha value is -2.21. The fraction of sp³-hybridized carbons (Fsp3) is 0.200. The average molecular weight is 304 g/mol. The molecule has 2 rings (SSSR count). The molecule has 1 heterocycles. The van der Waals surface area contributed by atoms with E-state index in [1.807, 2.05) is 30.5 Å². The minimum absolute atomic E-state index is 0.313. The molecule has 0 spiro atoms. The summed E-state index contributed by atoms with van der Waals surface area (Å²) in [6, 6.07) is 10.8. The number of carbonyl (C=O) groups is 2. The number of aromatic nitrogens is 1. The van der Waals surface area contributed by atoms with Crippen LogP contribution in [0.4, 0.5) is 5.69 Å². The fourth-order valence-corrected chi connectivity index (χ4v) is 2.37. The number of nitrogens with zero attached hydrogens (tertiary/aromatic N) is 1. The summed E-state index contributed by atoms with van der Waals surface area (Å²) in [6.45, 7) is -0.313. The van der Waals surface area contributed by atoms with Crippen molar-refractivity contribution in [3.05, 3.63) is 48.3 Å². The van der Waals surface area contributed by atoms with Crippen LogP contribution in [0.25, 0.3) is 0 Å². The number of aryl methyl sites for hydroxylation is 1. The highest BCUT2D eigenvalue weighted by Crippen LogP contribution is 2.24. The molecule has 6 heteroatoms. The van der Waals surface area contributed by atoms with E-state index in [0.717, 1.165) is 4.90 Å². The van der Waals surface area contributed by atoms with Gasteiger partial charge in [-0.3, -0.25) is 4.79 Å². The smallest absolute Gasteiger partial charge is 0.355 e. The van der Waals surface area contributed by atoms with Crippen LogP contribution in [0.5, 0.6) is 0 Å². The number of anilines is 1. The third kappa shape index (κ3) is 3.88. The molecule has 0 fully saturated rings. The molecule has 2 aromatic rings. The Labute approximate surface area is 127 Å². The Balaban J connectivity index is 1.91. The number of amides is 1. The van der Waals surface area contributed by atoms with Crippen molar-refractivity contribution < 1.29 is 14.3 Å². The molecule has 1 N–H and O–H groups in total. The van der Waals surface area contributed by atoms with Crippen molar-refractivity contribution in [2.24, 2.45) is 7.05 Å². The summed E-state index contributed by atoms with van der Waals surface area (Å²) < 4.78 is 6.64. The second-order valence-corrected chi connectivity index (χ2v) is 5.18. The van der Waals surface area contributed by atoms with Gasteiger partial charge in [0, 0.05) is 18.1 Å². The topological polar surface area (TPSA) is 60.3 Å². The number of benzene rings is 1. The maximum absolute atomic E-state index is 11.8. The molecule has 0 saturated carbocycles. The van der Waals surface area contributed by atoms with Gasteiger partial charge in [-0.1, -0.05) is 12.1 Å². The van der Waals surface area contributed by atoms with Gasteiger partial charge in [0.25, 0.3) is 5.91 Å². The van der Waals surface area contributed by atoms with E-state index < -0.39 is 5.97 Å². The SMILES string of the molecule is CSc1ccccc1NC(=O)COC(=O)c1cccn1C. The van der Waals surface area contributed by atoms with Crippen molar-refractivity contribution in [2.75, 3.05) is 18.2 Å². The van der Waals surface area contributed by atoms with E-state index in [-0.39, 0.29) is 12.5 Å². The summed E-state index contributed by atoms with van der Waals surface area (Å²) >= 11 is 1.54. The molecule has 0 aliphatic rings. The maximum atomic E-state index is 11.8. The van der Waals surface area contributed by atoms with Crippen molar-refractivity contribution in [3.8, 4) is 0 Å². The number of nitrogens with one attached hydrogen (secondary N) is 1. The van der Waals surface area contributed by atoms with E-state index in [0.29, 0.717) is 11.4 Å². The Kier molecular flexibility index (Phi) is 5.05. The van der Waals surface area contributed by atoms with Gasteiger partial charge in [-0.05, 0) is 30.5 Å². The van der Waals surface area contributed by atoms with E-state index in [1.54, 1.807) is 29.9 Å². The number of esters is 1. The van der Waals surface area contributed by atoms with E-state index in [1.165, 1.54) is 11.8 Å². The lowest BCUT2D eigenvalue weighted by Gasteiger charge is -2.09. The minimum Gasteiger partial charge on any atom is -0.451 e. The molecular formula is C15H16N2O3S. The summed E-state index contributed by atoms with van der Waals surface area (Å²) in [6.07, 6.45) is 3.67. The van der Waals surface area contributed by atoms with Gasteiger partial charge in [0.2, 0.25) is 0 Å². The van der Waals surface area contributed by atoms with Crippen LogP contribution < -0.4 is 5.32 Å². The molecule has 110 valence electrons. The zero-order valence-corrected chi connectivity index (χ0v) is 12.6. The molecule has 1 aromatic heterocycles. The van der Waals surface area contributed by atoms with Gasteiger partial charge in [0.1, 0.15) is 5.69 Å². The van der Waals surface area contributed by atoms with E-state index >= 15 is 0 Å². The van der Waals surface area contributed by atoms with Crippen molar-refractivity contribution in [1.29, 1.82) is 0 Å². The molecule has 0 aliphatic carbocycles. The van der Waals surface area contributed by atoms with E-state index in [4.69, 9.17) is 4.74 Å². The van der Waals surface area contributed by atoms with Gasteiger partial charge in [0.15, 0.2) is 6.61 Å². The second kappa shape index (κ2) is 6.99. The van der Waals surface area contributed by atoms with Crippen LogP contribution >= 0.6 is 11.8 Å². The first kappa shape index (κ1) is 15.2. The highest BCUT2D eigenvalue weighted by Gasteiger charge is 2.13. The van der Waals surface area contributed by atoms with E-state index in [2.05, 4.69) is 5.32 Å². The first-order chi connectivity index (χ1) is 10.1. The number of thioether (sulfide) groups is 1. The van der Waals surface area contributed by atoms with Crippen LogP contribution in [0.1, 0.15) is 10.5 Å². The number of para-hydroxylation sites is 1. The van der Waals surface area contributed by atoms with Crippen molar-refractivity contribution in [3.63, 3.8) is 0 Å². The van der Waals surface area contributed by atoms with E-state index in [9.17, 15) is 9.59 Å². The first-order valence-corrected chi connectivity index (χ1v) is 7.55. The Morgan fingerprint density at radius 1 is 1.24 bits per heavy atom. The van der Waals surface area contributed by atoms with Crippen molar-refractivity contribution in [1.82, 2.24) is 4.57 Å². The minimum atomic E-state index is -0.518. The lowest BCUT2D eigenvalue weighted by atomic mass is 10.3. The molecule has 0 unspecified atom stereocenters. The molecule has 0 aliphatic heterocycles. The highest BCUT2D eigenvalue weighted by atomic mass is 32.2. The number of carbonyl (C=O) groups excluding carboxylic acids is 2. The van der Waals surface area contributed by atoms with Crippen molar-refractivity contribution in [2.45, 2.75) is 4.90 Å². The van der Waals surface area contributed by atoms with Gasteiger partial charge >= 0.3 is 5.97 Å². The van der Waals surface area contributed by atoms with Crippen LogP contribution in [-0.4, -0.2) is 29.3 Å². The molecule has 5 nitrogen and oxygen atoms in total. The molecule has 1 amide bonds. The molecule has 0 atom stereocenters. The van der Waals surface area contributed by atoms with Gasteiger partial charge in [-0.15, -0.1) is 11.8 Å². The average Bonchev–Trinajstić information content (AvgIpc) is 2.91. The highest BCUT2D eigenvalue weighted by molar-refractivity contribution is 7.98. The molecule has 0 radical (unpaired) electrons. The Bertz CT molecular complexity index is 652. The molecule has 0 saturated heterocycles. The van der Waals surface area contributed by atoms with Crippen LogP contribution in [0.3, 0.4) is 0 Å². The third-order valence-electron chi connectivity index (χ3n) is 2.87. The van der Waals surface area contributed by atoms with Gasteiger partial charge < -0.3 is 14.6 Å². The summed E-state index contributed by atoms with van der Waals surface area (Å²) in [7, 11) is 1.74. The Morgan fingerprint density at radius 2 is 2.00 bits per heavy atom. The lowest BCUT2D eigenvalue weighted by molar-refractivity contribution is -0.119. The Morgan fingerprint density at radius 3 is 2.67 bits per heavy atom. The third-order valence-corrected chi connectivity index (χ3v) is 3.66. The maximum Gasteiger partial charge on any atom is 0.355 e. The number of hydrogen-bond donors (Lipinski definition) is 1. The van der Waals surface area contributed by atoms with Gasteiger partial charge in [-0.25, -0.2) is 4.79 Å². The van der Waals surface area contributed by atoms with Crippen molar-refractivity contribution >= 4 is 29.3 Å². The number of hydrogen-bond acceptors (Lipinski definition) is 4. The zero-order valence-electron chi connectivity index (χ0n) is 11.8. The number of rotatable bonds is 5. The van der Waals surface area contributed by atoms with Crippen LogP contribution in [-0.2, 0) is 16.6 Å². The standard InChI is InChI=1S/C15H16N2O3S/c1-17-9-5-7-12(17)15(19)20-10-14(18)16-11-6-3-4-8-13(11)21-2/h3-9H,10H2,1-2H3,(H,16,18). The summed E-state index contributed by atoms with van der Waals surface area (Å²) in [5.74, 6) is -0.880. The first-order valence-electron chi connectivity index (χ1n) is 6.33. The summed E-state index contributed by atoms with van der Waals surface area (Å²) in [4.78, 5) is 24.6.